The standard InChI is InChI=1S/C23H23NO6/c1-3-4-11-24-22(26)19-12-16-7-10-18(13-20(16)30-23(19)27)29-21(25)14-28-17-8-5-15(2)6-9-17/h5-10,12-13H,3-4,11,14H2,1-2H3,(H,24,26). The third kappa shape index (κ3) is 5.47. The predicted molar refractivity (Wildman–Crippen MR) is 112 cm³/mol. The molecule has 0 spiro atoms. The third-order valence-electron chi connectivity index (χ3n) is 4.38. The molecule has 2 aromatic carbocycles. The number of nitrogens with one attached hydrogen (secondary N) is 1. The van der Waals surface area contributed by atoms with Crippen molar-refractivity contribution in [2.24, 2.45) is 0 Å². The summed E-state index contributed by atoms with van der Waals surface area (Å²) < 4.78 is 15.9. The van der Waals surface area contributed by atoms with Gasteiger partial charge in [-0.15, -0.1) is 0 Å². The number of benzene rings is 2. The average molecular weight is 409 g/mol. The Balaban J connectivity index is 1.66. The van der Waals surface area contributed by atoms with E-state index in [1.807, 2.05) is 26.0 Å². The minimum atomic E-state index is -0.748. The van der Waals surface area contributed by atoms with Crippen molar-refractivity contribution in [3.63, 3.8) is 0 Å². The number of carbonyl (C=O) groups is 2. The quantitative estimate of drug-likeness (QED) is 0.264. The van der Waals surface area contributed by atoms with E-state index >= 15 is 0 Å². The monoisotopic (exact) mass is 409 g/mol. The summed E-state index contributed by atoms with van der Waals surface area (Å²) in [6.07, 6.45) is 1.76. The van der Waals surface area contributed by atoms with Crippen LogP contribution in [0.25, 0.3) is 11.0 Å². The summed E-state index contributed by atoms with van der Waals surface area (Å²) in [4.78, 5) is 36.4. The van der Waals surface area contributed by atoms with Gasteiger partial charge in [0.05, 0.1) is 0 Å². The topological polar surface area (TPSA) is 94.8 Å². The molecule has 0 atom stereocenters. The molecule has 1 aromatic heterocycles. The van der Waals surface area contributed by atoms with E-state index in [2.05, 4.69) is 5.32 Å². The highest BCUT2D eigenvalue weighted by atomic mass is 16.6. The van der Waals surface area contributed by atoms with E-state index in [1.165, 1.54) is 12.1 Å². The van der Waals surface area contributed by atoms with Crippen LogP contribution in [-0.4, -0.2) is 25.0 Å². The number of hydrogen-bond acceptors (Lipinski definition) is 6. The molecule has 0 fully saturated rings. The lowest BCUT2D eigenvalue weighted by Crippen LogP contribution is -2.28. The average Bonchev–Trinajstić information content (AvgIpc) is 2.73. The molecule has 0 radical (unpaired) electrons. The molecule has 7 nitrogen and oxygen atoms in total. The van der Waals surface area contributed by atoms with E-state index < -0.39 is 17.5 Å². The molecule has 7 heteroatoms. The number of carbonyl (C=O) groups excluding carboxylic acids is 2. The number of rotatable bonds is 8. The van der Waals surface area contributed by atoms with Crippen LogP contribution >= 0.6 is 0 Å². The zero-order valence-corrected chi connectivity index (χ0v) is 16.9. The molecule has 1 amide bonds. The SMILES string of the molecule is CCCCNC(=O)c1cc2ccc(OC(=O)COc3ccc(C)cc3)cc2oc1=O. The van der Waals surface area contributed by atoms with Crippen LogP contribution in [0.5, 0.6) is 11.5 Å². The van der Waals surface area contributed by atoms with Gasteiger partial charge in [0.1, 0.15) is 22.6 Å². The fourth-order valence-corrected chi connectivity index (χ4v) is 2.72. The molecule has 0 aliphatic heterocycles. The molecule has 1 N–H and O–H groups in total. The van der Waals surface area contributed by atoms with Crippen LogP contribution in [0, 0.1) is 6.92 Å². The Morgan fingerprint density at radius 2 is 1.77 bits per heavy atom. The fourth-order valence-electron chi connectivity index (χ4n) is 2.72. The van der Waals surface area contributed by atoms with Crippen LogP contribution in [0.15, 0.2) is 57.7 Å². The van der Waals surface area contributed by atoms with Crippen molar-refractivity contribution in [3.05, 3.63) is 70.1 Å². The zero-order valence-electron chi connectivity index (χ0n) is 16.9. The molecular weight excluding hydrogens is 386 g/mol. The van der Waals surface area contributed by atoms with Crippen LogP contribution in [0.4, 0.5) is 0 Å². The summed E-state index contributed by atoms with van der Waals surface area (Å²) in [7, 11) is 0. The largest absolute Gasteiger partial charge is 0.482 e. The van der Waals surface area contributed by atoms with E-state index in [9.17, 15) is 14.4 Å². The molecule has 3 aromatic rings. The summed E-state index contributed by atoms with van der Waals surface area (Å²) >= 11 is 0. The molecule has 0 saturated carbocycles. The number of fused-ring (bicyclic) bond motifs is 1. The summed E-state index contributed by atoms with van der Waals surface area (Å²) in [5, 5.41) is 3.24. The molecule has 0 bridgehead atoms. The van der Waals surface area contributed by atoms with E-state index in [-0.39, 0.29) is 23.5 Å². The van der Waals surface area contributed by atoms with E-state index in [1.54, 1.807) is 24.3 Å². The Kier molecular flexibility index (Phi) is 6.85. The molecule has 0 saturated heterocycles. The molecule has 0 aliphatic rings. The minimum Gasteiger partial charge on any atom is -0.482 e. The maximum absolute atomic E-state index is 12.2. The van der Waals surface area contributed by atoms with Gasteiger partial charge >= 0.3 is 11.6 Å². The Bertz CT molecular complexity index is 1100. The number of ether oxygens (including phenoxy) is 2. The highest BCUT2D eigenvalue weighted by molar-refractivity contribution is 5.96. The summed E-state index contributed by atoms with van der Waals surface area (Å²) in [6, 6.07) is 13.4. The third-order valence-corrected chi connectivity index (χ3v) is 4.38. The highest BCUT2D eigenvalue weighted by Gasteiger charge is 2.14. The second kappa shape index (κ2) is 9.73. The predicted octanol–water partition coefficient (Wildman–Crippen LogP) is 3.62. The molecule has 30 heavy (non-hydrogen) atoms. The van der Waals surface area contributed by atoms with Gasteiger partial charge in [0.25, 0.3) is 5.91 Å². The lowest BCUT2D eigenvalue weighted by Gasteiger charge is -2.08. The van der Waals surface area contributed by atoms with Gasteiger partial charge in [-0.3, -0.25) is 4.79 Å². The molecule has 0 unspecified atom stereocenters. The maximum Gasteiger partial charge on any atom is 0.349 e. The van der Waals surface area contributed by atoms with Gasteiger partial charge in [-0.1, -0.05) is 31.0 Å². The van der Waals surface area contributed by atoms with Gasteiger partial charge in [0.2, 0.25) is 0 Å². The number of amides is 1. The van der Waals surface area contributed by atoms with Gasteiger partial charge in [-0.25, -0.2) is 9.59 Å². The highest BCUT2D eigenvalue weighted by Crippen LogP contribution is 2.21. The Morgan fingerprint density at radius 1 is 1.03 bits per heavy atom. The van der Waals surface area contributed by atoms with Crippen LogP contribution in [0.1, 0.15) is 35.7 Å². The Labute approximate surface area is 173 Å². The Hall–Kier alpha value is -3.61. The first-order valence-corrected chi connectivity index (χ1v) is 9.72. The zero-order chi connectivity index (χ0) is 21.5. The van der Waals surface area contributed by atoms with Crippen LogP contribution < -0.4 is 20.4 Å². The van der Waals surface area contributed by atoms with Gasteiger partial charge < -0.3 is 19.2 Å². The molecular formula is C23H23NO6. The lowest BCUT2D eigenvalue weighted by molar-refractivity contribution is -0.136. The molecule has 1 heterocycles. The van der Waals surface area contributed by atoms with Crippen LogP contribution in [-0.2, 0) is 4.79 Å². The normalized spacial score (nSPS) is 10.6. The minimum absolute atomic E-state index is 0.0603. The lowest BCUT2D eigenvalue weighted by atomic mass is 10.1. The maximum atomic E-state index is 12.2. The van der Waals surface area contributed by atoms with Gasteiger partial charge in [0, 0.05) is 18.0 Å². The van der Waals surface area contributed by atoms with Crippen molar-refractivity contribution in [1.82, 2.24) is 5.32 Å². The van der Waals surface area contributed by atoms with Crippen molar-refractivity contribution in [3.8, 4) is 11.5 Å². The van der Waals surface area contributed by atoms with Crippen molar-refractivity contribution < 1.29 is 23.5 Å². The number of unbranched alkanes of at least 4 members (excludes halogenated alkanes) is 1. The number of esters is 1. The smallest absolute Gasteiger partial charge is 0.349 e. The first-order chi connectivity index (χ1) is 14.5. The first-order valence-electron chi connectivity index (χ1n) is 9.72. The van der Waals surface area contributed by atoms with Gasteiger partial charge in [0.15, 0.2) is 6.61 Å². The van der Waals surface area contributed by atoms with Crippen LogP contribution in [0.3, 0.4) is 0 Å². The van der Waals surface area contributed by atoms with Crippen molar-refractivity contribution in [2.75, 3.05) is 13.2 Å². The second-order valence-corrected chi connectivity index (χ2v) is 6.83. The van der Waals surface area contributed by atoms with Gasteiger partial charge in [-0.05, 0) is 43.7 Å². The Morgan fingerprint density at radius 3 is 2.50 bits per heavy atom. The molecule has 0 aliphatic carbocycles. The van der Waals surface area contributed by atoms with Crippen LogP contribution in [0.2, 0.25) is 0 Å². The first kappa shape index (κ1) is 21.1. The number of aryl methyl sites for hydroxylation is 1. The van der Waals surface area contributed by atoms with Gasteiger partial charge in [-0.2, -0.15) is 0 Å². The second-order valence-electron chi connectivity index (χ2n) is 6.83. The number of hydrogen-bond donors (Lipinski definition) is 1. The summed E-state index contributed by atoms with van der Waals surface area (Å²) in [5.41, 5.74) is 0.497. The summed E-state index contributed by atoms with van der Waals surface area (Å²) in [5.74, 6) is -0.290. The summed E-state index contributed by atoms with van der Waals surface area (Å²) in [6.45, 7) is 4.20. The van der Waals surface area contributed by atoms with Crippen molar-refractivity contribution >= 4 is 22.8 Å². The van der Waals surface area contributed by atoms with Crippen molar-refractivity contribution in [1.29, 1.82) is 0 Å². The van der Waals surface area contributed by atoms with E-state index in [4.69, 9.17) is 13.9 Å². The van der Waals surface area contributed by atoms with E-state index in [0.29, 0.717) is 17.7 Å². The van der Waals surface area contributed by atoms with E-state index in [0.717, 1.165) is 18.4 Å². The molecule has 3 rings (SSSR count). The fraction of sp³-hybridized carbons (Fsp3) is 0.261. The molecule has 156 valence electrons. The van der Waals surface area contributed by atoms with Crippen molar-refractivity contribution in [2.45, 2.75) is 26.7 Å².